The zero-order valence-corrected chi connectivity index (χ0v) is 49.4. The lowest BCUT2D eigenvalue weighted by Gasteiger charge is -2.52. The second kappa shape index (κ2) is 20.8. The Balaban J connectivity index is 0.687. The van der Waals surface area contributed by atoms with E-state index in [1.165, 1.54) is 18.2 Å². The van der Waals surface area contributed by atoms with E-state index in [0.717, 1.165) is 98.1 Å². The van der Waals surface area contributed by atoms with E-state index in [1.54, 1.807) is 31.0 Å². The maximum atomic E-state index is 15.5. The van der Waals surface area contributed by atoms with E-state index in [0.29, 0.717) is 97.0 Å². The van der Waals surface area contributed by atoms with Crippen LogP contribution in [0.5, 0.6) is 0 Å². The number of H-pyrrole nitrogens is 3. The van der Waals surface area contributed by atoms with Gasteiger partial charge in [-0.2, -0.15) is 0 Å². The van der Waals surface area contributed by atoms with Gasteiger partial charge in [0.15, 0.2) is 17.5 Å². The summed E-state index contributed by atoms with van der Waals surface area (Å²) in [5.74, 6) is -5.15. The van der Waals surface area contributed by atoms with Gasteiger partial charge < -0.3 is 43.6 Å². The Morgan fingerprint density at radius 3 is 1.59 bits per heavy atom. The van der Waals surface area contributed by atoms with Crippen LogP contribution in [0.25, 0.3) is 100 Å². The van der Waals surface area contributed by atoms with Crippen molar-refractivity contribution < 1.29 is 42.5 Å². The highest BCUT2D eigenvalue weighted by Gasteiger charge is 2.56. The molecule has 0 aliphatic heterocycles. The van der Waals surface area contributed by atoms with Gasteiger partial charge >= 0.3 is 17.9 Å². The minimum absolute atomic E-state index is 0.00681. The number of rotatable bonds is 13. The van der Waals surface area contributed by atoms with Gasteiger partial charge in [-0.3, -0.25) is 14.4 Å². The van der Waals surface area contributed by atoms with Crippen molar-refractivity contribution in [2.45, 2.75) is 94.7 Å². The average Bonchev–Trinajstić information content (AvgIpc) is 1.38. The summed E-state index contributed by atoms with van der Waals surface area (Å²) >= 11 is 0. The molecule has 9 saturated carbocycles. The number of esters is 1. The van der Waals surface area contributed by atoms with E-state index in [9.17, 15) is 33.0 Å². The standard InChI is InChI=1S/C68H60F3N15O6/c69-37-17-43-46(25-77-57(43)74-22-37)60-72-20-35-9-12-84(63(35)81-60)55-34-6-7-40(53(55)67(89)90)32(15-34)11-14-92-68(91)52-33-5-8-41(56(52)85-13-10-36-21-73-61(82-64(36)85)47-26-78-58-44(47)18-38(70)23-75-58)42(16-33)50-29-86(54-31-3-1-30(2-4-31)51(54)66(87)88)65-49(50)28-80-62(83-65)48-27-79-59-45(48)19-39(71)24-76-59/h9-10,12-13,17-34,40-42,51-56H,1-8,11,14-16H2,(H,74,77)(H,75,78)(H,76,79)(H,87,88)(H,89,90)/t30?,31?,32?,33?,34?,40?,41?,42?,51?,52-,53-,54?,55?,56-/m0/s1. The van der Waals surface area contributed by atoms with E-state index in [2.05, 4.69) is 50.2 Å². The topological polar surface area (TPSA) is 279 Å². The molecule has 12 aromatic rings. The molecule has 12 atom stereocenters. The van der Waals surface area contributed by atoms with Crippen LogP contribution in [0.3, 0.4) is 0 Å². The van der Waals surface area contributed by atoms with Gasteiger partial charge in [0, 0.05) is 105 Å². The van der Waals surface area contributed by atoms with Crippen LogP contribution in [0, 0.1) is 76.6 Å². The zero-order chi connectivity index (χ0) is 61.9. The smallest absolute Gasteiger partial charge is 0.311 e. The summed E-state index contributed by atoms with van der Waals surface area (Å²) < 4.78 is 56.8. The summed E-state index contributed by atoms with van der Waals surface area (Å²) in [4.78, 5) is 94.5. The number of hydrogen-bond donors (Lipinski definition) is 5. The number of carbonyl (C=O) groups is 3. The third kappa shape index (κ3) is 8.49. The van der Waals surface area contributed by atoms with Crippen molar-refractivity contribution in [2.75, 3.05) is 6.61 Å². The highest BCUT2D eigenvalue weighted by Crippen LogP contribution is 2.61. The third-order valence-electron chi connectivity index (χ3n) is 22.5. The van der Waals surface area contributed by atoms with Crippen LogP contribution in [-0.2, 0) is 19.1 Å². The van der Waals surface area contributed by atoms with Gasteiger partial charge in [0.25, 0.3) is 0 Å². The molecule has 0 radical (unpaired) electrons. The van der Waals surface area contributed by atoms with Crippen LogP contribution in [0.4, 0.5) is 13.2 Å². The molecule has 92 heavy (non-hydrogen) atoms. The summed E-state index contributed by atoms with van der Waals surface area (Å²) in [7, 11) is 0. The summed E-state index contributed by atoms with van der Waals surface area (Å²) in [6.45, 7) is 0.0986. The van der Waals surface area contributed by atoms with Crippen LogP contribution in [-0.4, -0.2) is 108 Å². The molecule has 21 nitrogen and oxygen atoms in total. The van der Waals surface area contributed by atoms with Gasteiger partial charge in [-0.15, -0.1) is 0 Å². The number of nitrogens with zero attached hydrogens (tertiary/aromatic N) is 12. The number of pyridine rings is 3. The largest absolute Gasteiger partial charge is 0.481 e. The molecule has 21 rings (SSSR count). The van der Waals surface area contributed by atoms with E-state index in [1.807, 2.05) is 35.3 Å². The molecule has 9 unspecified atom stereocenters. The molecule has 0 saturated heterocycles. The van der Waals surface area contributed by atoms with E-state index < -0.39 is 59.2 Å². The summed E-state index contributed by atoms with van der Waals surface area (Å²) in [5.41, 5.74) is 5.92. The van der Waals surface area contributed by atoms with Gasteiger partial charge in [0.05, 0.1) is 61.1 Å². The first-order valence-corrected chi connectivity index (χ1v) is 31.9. The van der Waals surface area contributed by atoms with E-state index >= 15 is 4.79 Å². The van der Waals surface area contributed by atoms with E-state index in [4.69, 9.17) is 29.7 Å². The number of aromatic amines is 3. The lowest BCUT2D eigenvalue weighted by Crippen LogP contribution is -2.50. The molecule has 9 aliphatic rings. The Bertz CT molecular complexity index is 5020. The number of carboxylic acids is 2. The Kier molecular flexibility index (Phi) is 12.5. The van der Waals surface area contributed by atoms with Crippen LogP contribution in [0.2, 0.25) is 0 Å². The van der Waals surface area contributed by atoms with Gasteiger partial charge in [-0.25, -0.2) is 58.0 Å². The molecule has 12 heterocycles. The van der Waals surface area contributed by atoms with Crippen molar-refractivity contribution in [3.8, 4) is 34.2 Å². The fourth-order valence-corrected chi connectivity index (χ4v) is 18.7. The SMILES string of the molecule is O=C(O)C1C2CCC(CC2)C1n1cc(C2CC3CCC2[C@H](n2ccc4cnc(-c5c[nH]c6ncc(F)cc56)nc42)[C@H]3C(=O)OCCC2CC3CCC2[C@H](C(=O)O)C3n2ccc3cnc(-c4c[nH]c5ncc(F)cc45)nc32)c2cnc(-c3c[nH]c4ncc(F)cc34)nc21. The second-order valence-corrected chi connectivity index (χ2v) is 26.8. The number of aliphatic carboxylic acids is 2. The highest BCUT2D eigenvalue weighted by atomic mass is 19.1. The Morgan fingerprint density at radius 1 is 0.511 bits per heavy atom. The maximum absolute atomic E-state index is 15.5. The van der Waals surface area contributed by atoms with Crippen molar-refractivity contribution in [1.29, 1.82) is 0 Å². The average molecular weight is 1240 g/mol. The minimum atomic E-state index is -0.887. The molecule has 464 valence electrons. The van der Waals surface area contributed by atoms with Crippen molar-refractivity contribution in [3.63, 3.8) is 0 Å². The molecule has 0 spiro atoms. The van der Waals surface area contributed by atoms with Crippen molar-refractivity contribution in [3.05, 3.63) is 128 Å². The van der Waals surface area contributed by atoms with Gasteiger partial charge in [0.1, 0.15) is 51.3 Å². The molecule has 0 amide bonds. The summed E-state index contributed by atoms with van der Waals surface area (Å²) in [6, 6.07) is 6.78. The second-order valence-electron chi connectivity index (χ2n) is 26.8. The highest BCUT2D eigenvalue weighted by molar-refractivity contribution is 5.95. The van der Waals surface area contributed by atoms with Gasteiger partial charge in [-0.05, 0) is 154 Å². The number of ether oxygens (including phenoxy) is 1. The Labute approximate surface area is 520 Å². The first-order valence-electron chi connectivity index (χ1n) is 31.9. The van der Waals surface area contributed by atoms with Crippen molar-refractivity contribution in [1.82, 2.24) is 73.5 Å². The first kappa shape index (κ1) is 55.0. The number of aromatic nitrogens is 15. The molecule has 24 heteroatoms. The van der Waals surface area contributed by atoms with Crippen LogP contribution >= 0.6 is 0 Å². The predicted molar refractivity (Wildman–Crippen MR) is 329 cm³/mol. The van der Waals surface area contributed by atoms with Crippen molar-refractivity contribution >= 4 is 84.1 Å². The van der Waals surface area contributed by atoms with Gasteiger partial charge in [-0.1, -0.05) is 0 Å². The Hall–Kier alpha value is -9.87. The number of hydrogen-bond acceptors (Lipinski definition) is 13. The van der Waals surface area contributed by atoms with Crippen LogP contribution < -0.4 is 0 Å². The lowest BCUT2D eigenvalue weighted by molar-refractivity contribution is -0.162. The van der Waals surface area contributed by atoms with E-state index in [-0.39, 0.29) is 66.0 Å². The molecule has 5 N–H and O–H groups in total. The maximum Gasteiger partial charge on any atom is 0.311 e. The quantitative estimate of drug-likeness (QED) is 0.0671. The fraction of sp³-hybridized carbons (Fsp3) is 0.382. The summed E-state index contributed by atoms with van der Waals surface area (Å²) in [6.07, 6.45) is 28.3. The molecule has 9 aliphatic carbocycles. The van der Waals surface area contributed by atoms with Crippen molar-refractivity contribution in [2.24, 2.45) is 59.2 Å². The summed E-state index contributed by atoms with van der Waals surface area (Å²) in [5, 5.41) is 26.1. The number of nitrogens with one attached hydrogen (secondary N) is 3. The monoisotopic (exact) mass is 1240 g/mol. The Morgan fingerprint density at radius 2 is 1.01 bits per heavy atom. The molecular weight excluding hydrogens is 1180 g/mol. The van der Waals surface area contributed by atoms with Crippen LogP contribution in [0.15, 0.2) is 105 Å². The fourth-order valence-electron chi connectivity index (χ4n) is 18.7. The zero-order valence-electron chi connectivity index (χ0n) is 49.4. The normalized spacial score (nSPS) is 27.6. The molecular formula is C68H60F3N15O6. The molecule has 6 bridgehead atoms. The number of fused-ring (bicyclic) bond motifs is 15. The molecule has 0 aromatic carbocycles. The first-order chi connectivity index (χ1) is 44.9. The predicted octanol–water partition coefficient (Wildman–Crippen LogP) is 12.3. The molecule has 12 aromatic heterocycles. The number of carbonyl (C=O) groups excluding carboxylic acids is 1. The van der Waals surface area contributed by atoms with Crippen LogP contribution in [0.1, 0.15) is 100 Å². The number of halogens is 3. The minimum Gasteiger partial charge on any atom is -0.481 e. The van der Waals surface area contributed by atoms with Gasteiger partial charge in [0.2, 0.25) is 0 Å². The lowest BCUT2D eigenvalue weighted by atomic mass is 9.55. The third-order valence-corrected chi connectivity index (χ3v) is 22.5. The number of carboxylic acid groups (broad SMARTS) is 2. The molecule has 9 fully saturated rings.